The molecule has 1 atom stereocenters. The number of hydrogen-bond acceptors (Lipinski definition) is 3. The normalized spacial score (nSPS) is 17.8. The Hall–Kier alpha value is -2.25. The number of hydrogen-bond donors (Lipinski definition) is 1. The van der Waals surface area contributed by atoms with Gasteiger partial charge in [-0.2, -0.15) is 13.2 Å². The highest BCUT2D eigenvalue weighted by molar-refractivity contribution is 5.98. The number of alkyl halides is 3. The van der Waals surface area contributed by atoms with Crippen molar-refractivity contribution < 1.29 is 32.6 Å². The van der Waals surface area contributed by atoms with Gasteiger partial charge in [-0.25, -0.2) is 9.59 Å². The van der Waals surface area contributed by atoms with Crippen molar-refractivity contribution in [3.8, 4) is 0 Å². The van der Waals surface area contributed by atoms with Crippen LogP contribution in [0, 0.1) is 0 Å². The van der Waals surface area contributed by atoms with Crippen LogP contribution >= 0.6 is 0 Å². The largest absolute Gasteiger partial charge is 0.480 e. The zero-order valence-corrected chi connectivity index (χ0v) is 10.1. The van der Waals surface area contributed by atoms with E-state index in [2.05, 4.69) is 4.74 Å². The molecule has 20 heavy (non-hydrogen) atoms. The van der Waals surface area contributed by atoms with Crippen LogP contribution in [0.15, 0.2) is 24.3 Å². The fourth-order valence-corrected chi connectivity index (χ4v) is 2.02. The molecule has 0 aromatic heterocycles. The van der Waals surface area contributed by atoms with Crippen molar-refractivity contribution in [1.82, 2.24) is 0 Å². The second-order valence-corrected chi connectivity index (χ2v) is 4.23. The van der Waals surface area contributed by atoms with Crippen molar-refractivity contribution in [2.75, 3.05) is 11.5 Å². The van der Waals surface area contributed by atoms with Gasteiger partial charge >= 0.3 is 18.2 Å². The summed E-state index contributed by atoms with van der Waals surface area (Å²) in [5.74, 6) is -1.30. The standard InChI is InChI=1S/C12H10F3NO4/c13-12(14,15)6-20-11(19)16-8-4-2-1-3-7(8)5-9(16)10(17)18/h1-4,9H,5-6H2,(H,17,18). The van der Waals surface area contributed by atoms with E-state index in [1.54, 1.807) is 18.2 Å². The van der Waals surface area contributed by atoms with E-state index in [1.807, 2.05) is 0 Å². The van der Waals surface area contributed by atoms with Crippen LogP contribution in [0.25, 0.3) is 0 Å². The number of carbonyl (C=O) groups is 2. The van der Waals surface area contributed by atoms with Crippen molar-refractivity contribution in [2.45, 2.75) is 18.6 Å². The summed E-state index contributed by atoms with van der Waals surface area (Å²) in [6.07, 6.45) is -5.94. The lowest BCUT2D eigenvalue weighted by atomic mass is 10.1. The number of nitrogens with zero attached hydrogens (tertiary/aromatic N) is 1. The lowest BCUT2D eigenvalue weighted by molar-refractivity contribution is -0.159. The van der Waals surface area contributed by atoms with Gasteiger partial charge in [-0.1, -0.05) is 18.2 Å². The Balaban J connectivity index is 2.22. The third kappa shape index (κ3) is 2.84. The summed E-state index contributed by atoms with van der Waals surface area (Å²) >= 11 is 0. The van der Waals surface area contributed by atoms with Crippen LogP contribution < -0.4 is 4.90 Å². The number of benzene rings is 1. The summed E-state index contributed by atoms with van der Waals surface area (Å²) in [7, 11) is 0. The number of anilines is 1. The lowest BCUT2D eigenvalue weighted by Crippen LogP contribution is -2.44. The highest BCUT2D eigenvalue weighted by Crippen LogP contribution is 2.33. The SMILES string of the molecule is O=C(O)C1Cc2ccccc2N1C(=O)OCC(F)(F)F. The second kappa shape index (κ2) is 5.03. The first kappa shape index (κ1) is 14.2. The first-order valence-electron chi connectivity index (χ1n) is 5.63. The third-order valence-corrected chi connectivity index (χ3v) is 2.82. The van der Waals surface area contributed by atoms with Gasteiger partial charge in [0.15, 0.2) is 6.61 Å². The molecule has 0 radical (unpaired) electrons. The van der Waals surface area contributed by atoms with E-state index in [9.17, 15) is 22.8 Å². The summed E-state index contributed by atoms with van der Waals surface area (Å²) < 4.78 is 40.3. The Kier molecular flexibility index (Phi) is 3.56. The maximum absolute atomic E-state index is 12.0. The van der Waals surface area contributed by atoms with Crippen molar-refractivity contribution in [3.05, 3.63) is 29.8 Å². The van der Waals surface area contributed by atoms with E-state index in [0.29, 0.717) is 5.56 Å². The Bertz CT molecular complexity index is 544. The first-order chi connectivity index (χ1) is 9.29. The molecule has 0 spiro atoms. The molecular weight excluding hydrogens is 279 g/mol. The van der Waals surface area contributed by atoms with Gasteiger partial charge in [0.1, 0.15) is 6.04 Å². The quantitative estimate of drug-likeness (QED) is 0.906. The average molecular weight is 289 g/mol. The number of carboxylic acid groups (broad SMARTS) is 1. The minimum atomic E-state index is -4.66. The number of ether oxygens (including phenoxy) is 1. The molecule has 1 aliphatic rings. The predicted molar refractivity (Wildman–Crippen MR) is 61.5 cm³/mol. The summed E-state index contributed by atoms with van der Waals surface area (Å²) in [6, 6.07) is 5.04. The molecule has 0 fully saturated rings. The van der Waals surface area contributed by atoms with E-state index >= 15 is 0 Å². The summed E-state index contributed by atoms with van der Waals surface area (Å²) in [5, 5.41) is 9.06. The van der Waals surface area contributed by atoms with Crippen LogP contribution in [0.3, 0.4) is 0 Å². The van der Waals surface area contributed by atoms with Gasteiger partial charge < -0.3 is 9.84 Å². The van der Waals surface area contributed by atoms with Crippen LogP contribution in [0.4, 0.5) is 23.7 Å². The van der Waals surface area contributed by atoms with Gasteiger partial charge in [0.25, 0.3) is 0 Å². The number of aliphatic carboxylic acids is 1. The Morgan fingerprint density at radius 1 is 1.35 bits per heavy atom. The van der Waals surface area contributed by atoms with Crippen molar-refractivity contribution in [1.29, 1.82) is 0 Å². The molecule has 8 heteroatoms. The van der Waals surface area contributed by atoms with E-state index < -0.39 is 30.9 Å². The highest BCUT2D eigenvalue weighted by Gasteiger charge is 2.40. The van der Waals surface area contributed by atoms with Gasteiger partial charge in [0.2, 0.25) is 0 Å². The van der Waals surface area contributed by atoms with E-state index in [-0.39, 0.29) is 12.1 Å². The van der Waals surface area contributed by atoms with Gasteiger partial charge in [-0.15, -0.1) is 0 Å². The maximum atomic E-state index is 12.0. The van der Waals surface area contributed by atoms with Gasteiger partial charge in [-0.3, -0.25) is 4.90 Å². The fourth-order valence-electron chi connectivity index (χ4n) is 2.02. The molecule has 0 aliphatic carbocycles. The zero-order valence-electron chi connectivity index (χ0n) is 10.1. The average Bonchev–Trinajstić information content (AvgIpc) is 2.74. The molecular formula is C12H10F3NO4. The smallest absolute Gasteiger partial charge is 0.422 e. The molecule has 1 aliphatic heterocycles. The number of carbonyl (C=O) groups excluding carboxylic acids is 1. The lowest BCUT2D eigenvalue weighted by Gasteiger charge is -2.22. The van der Waals surface area contributed by atoms with Crippen LogP contribution in [-0.4, -0.2) is 36.0 Å². The molecule has 108 valence electrons. The molecule has 0 saturated heterocycles. The molecule has 0 saturated carbocycles. The Morgan fingerprint density at radius 3 is 2.60 bits per heavy atom. The van der Waals surface area contributed by atoms with E-state index in [0.717, 1.165) is 4.90 Å². The molecule has 1 amide bonds. The number of fused-ring (bicyclic) bond motifs is 1. The minimum Gasteiger partial charge on any atom is -0.480 e. The van der Waals surface area contributed by atoms with Gasteiger partial charge in [0.05, 0.1) is 5.69 Å². The molecule has 1 unspecified atom stereocenters. The number of para-hydroxylation sites is 1. The van der Waals surface area contributed by atoms with Crippen LogP contribution in [0.1, 0.15) is 5.56 Å². The van der Waals surface area contributed by atoms with Crippen LogP contribution in [0.2, 0.25) is 0 Å². The fraction of sp³-hybridized carbons (Fsp3) is 0.333. The highest BCUT2D eigenvalue weighted by atomic mass is 19.4. The molecule has 1 aromatic rings. The molecule has 5 nitrogen and oxygen atoms in total. The van der Waals surface area contributed by atoms with Crippen LogP contribution in [-0.2, 0) is 16.0 Å². The zero-order chi connectivity index (χ0) is 14.9. The topological polar surface area (TPSA) is 66.8 Å². The molecule has 1 N–H and O–H groups in total. The predicted octanol–water partition coefficient (Wildman–Crippen LogP) is 2.20. The van der Waals surface area contributed by atoms with Gasteiger partial charge in [-0.05, 0) is 11.6 Å². The third-order valence-electron chi connectivity index (χ3n) is 2.82. The Labute approximate surface area is 111 Å². The summed E-state index contributed by atoms with van der Waals surface area (Å²) in [5.41, 5.74) is 0.830. The van der Waals surface area contributed by atoms with Crippen LogP contribution in [0.5, 0.6) is 0 Å². The summed E-state index contributed by atoms with van der Waals surface area (Å²) in [4.78, 5) is 23.6. The minimum absolute atomic E-state index is 0.0343. The molecule has 2 rings (SSSR count). The van der Waals surface area contributed by atoms with Crippen molar-refractivity contribution in [3.63, 3.8) is 0 Å². The van der Waals surface area contributed by atoms with Crippen molar-refractivity contribution in [2.24, 2.45) is 0 Å². The number of carboxylic acids is 1. The Morgan fingerprint density at radius 2 is 2.00 bits per heavy atom. The summed E-state index contributed by atoms with van der Waals surface area (Å²) in [6.45, 7) is -1.75. The van der Waals surface area contributed by atoms with Gasteiger partial charge in [0, 0.05) is 6.42 Å². The number of halogens is 3. The second-order valence-electron chi connectivity index (χ2n) is 4.23. The molecule has 0 bridgehead atoms. The van der Waals surface area contributed by atoms with E-state index in [4.69, 9.17) is 5.11 Å². The number of rotatable bonds is 2. The molecule has 1 heterocycles. The van der Waals surface area contributed by atoms with Crippen molar-refractivity contribution >= 4 is 17.7 Å². The monoisotopic (exact) mass is 289 g/mol. The molecule has 1 aromatic carbocycles. The first-order valence-corrected chi connectivity index (χ1v) is 5.63. The maximum Gasteiger partial charge on any atom is 0.422 e. The number of amides is 1. The van der Waals surface area contributed by atoms with E-state index in [1.165, 1.54) is 6.07 Å².